The van der Waals surface area contributed by atoms with E-state index in [1.54, 1.807) is 19.3 Å². The van der Waals surface area contributed by atoms with Crippen LogP contribution in [0, 0.1) is 0 Å². The summed E-state index contributed by atoms with van der Waals surface area (Å²) in [4.78, 5) is 11.6. The lowest BCUT2D eigenvalue weighted by Gasteiger charge is -2.11. The molecule has 1 amide bonds. The number of halogens is 2. The zero-order chi connectivity index (χ0) is 13.5. The third-order valence-corrected chi connectivity index (χ3v) is 3.37. The third-order valence-electron chi connectivity index (χ3n) is 2.09. The second kappa shape index (κ2) is 7.56. The maximum atomic E-state index is 11.6. The minimum Gasteiger partial charge on any atom is -0.495 e. The Hall–Kier alpha value is -0.850. The Bertz CT molecular complexity index is 450. The average Bonchev–Trinajstić information content (AvgIpc) is 2.33. The molecule has 6 heteroatoms. The fourth-order valence-corrected chi connectivity index (χ4v) is 2.52. The number of nitrogens with one attached hydrogen (secondary N) is 2. The number of methoxy groups -OCH3 is 1. The van der Waals surface area contributed by atoms with Crippen molar-refractivity contribution in [2.75, 3.05) is 25.5 Å². The van der Waals surface area contributed by atoms with Gasteiger partial charge in [0.2, 0.25) is 5.91 Å². The second-order valence-corrected chi connectivity index (χ2v) is 5.14. The molecule has 98 valence electrons. The zero-order valence-corrected chi connectivity index (χ0v) is 13.1. The molecule has 0 bridgehead atoms. The fraction of sp³-hybridized carbons (Fsp3) is 0.250. The standard InChI is InChI=1S/C12H14Br2N2O2/c1-3-4-15-7-12(17)16-10-6-11(18-2)9(14)5-8(10)13/h3,5-6,15H,1,4,7H2,2H3,(H,16,17). The fourth-order valence-electron chi connectivity index (χ4n) is 1.26. The summed E-state index contributed by atoms with van der Waals surface area (Å²) in [6.07, 6.45) is 1.70. The number of carbonyl (C=O) groups is 1. The third kappa shape index (κ3) is 4.44. The smallest absolute Gasteiger partial charge is 0.238 e. The Kier molecular flexibility index (Phi) is 6.38. The van der Waals surface area contributed by atoms with E-state index in [9.17, 15) is 4.79 Å². The normalized spacial score (nSPS) is 9.94. The van der Waals surface area contributed by atoms with Gasteiger partial charge in [-0.3, -0.25) is 4.79 Å². The van der Waals surface area contributed by atoms with E-state index < -0.39 is 0 Å². The van der Waals surface area contributed by atoms with Crippen LogP contribution in [-0.4, -0.2) is 26.1 Å². The molecule has 0 heterocycles. The van der Waals surface area contributed by atoms with Crippen LogP contribution in [0.4, 0.5) is 5.69 Å². The first-order valence-electron chi connectivity index (χ1n) is 5.23. The van der Waals surface area contributed by atoms with Crippen LogP contribution in [0.15, 0.2) is 33.7 Å². The predicted molar refractivity (Wildman–Crippen MR) is 80.1 cm³/mol. The molecular formula is C12H14Br2N2O2. The van der Waals surface area contributed by atoms with Gasteiger partial charge in [0.1, 0.15) is 5.75 Å². The van der Waals surface area contributed by atoms with Crippen molar-refractivity contribution in [1.29, 1.82) is 0 Å². The summed E-state index contributed by atoms with van der Waals surface area (Å²) < 4.78 is 6.78. The molecule has 0 aromatic heterocycles. The minimum atomic E-state index is -0.123. The van der Waals surface area contributed by atoms with Gasteiger partial charge >= 0.3 is 0 Å². The van der Waals surface area contributed by atoms with Crippen molar-refractivity contribution in [3.8, 4) is 5.75 Å². The summed E-state index contributed by atoms with van der Waals surface area (Å²) in [6.45, 7) is 4.39. The topological polar surface area (TPSA) is 50.4 Å². The number of anilines is 1. The molecule has 1 rings (SSSR count). The Morgan fingerprint density at radius 1 is 1.44 bits per heavy atom. The van der Waals surface area contributed by atoms with Gasteiger partial charge in [-0.15, -0.1) is 6.58 Å². The number of benzene rings is 1. The van der Waals surface area contributed by atoms with Crippen LogP contribution < -0.4 is 15.4 Å². The highest BCUT2D eigenvalue weighted by molar-refractivity contribution is 9.11. The number of hydrogen-bond acceptors (Lipinski definition) is 3. The van der Waals surface area contributed by atoms with Crippen LogP contribution in [0.25, 0.3) is 0 Å². The maximum absolute atomic E-state index is 11.6. The summed E-state index contributed by atoms with van der Waals surface area (Å²) in [6, 6.07) is 3.57. The highest BCUT2D eigenvalue weighted by Crippen LogP contribution is 2.34. The highest BCUT2D eigenvalue weighted by Gasteiger charge is 2.09. The molecule has 0 unspecified atom stereocenters. The SMILES string of the molecule is C=CCNCC(=O)Nc1cc(OC)c(Br)cc1Br. The van der Waals surface area contributed by atoms with Gasteiger partial charge < -0.3 is 15.4 Å². The number of hydrogen-bond donors (Lipinski definition) is 2. The molecular weight excluding hydrogens is 364 g/mol. The van der Waals surface area contributed by atoms with Crippen molar-refractivity contribution in [2.24, 2.45) is 0 Å². The molecule has 0 atom stereocenters. The molecule has 0 fully saturated rings. The van der Waals surface area contributed by atoms with E-state index in [0.29, 0.717) is 18.0 Å². The second-order valence-electron chi connectivity index (χ2n) is 3.43. The Labute approximate surface area is 123 Å². The summed E-state index contributed by atoms with van der Waals surface area (Å²) >= 11 is 6.75. The van der Waals surface area contributed by atoms with Crippen molar-refractivity contribution >= 4 is 43.5 Å². The molecule has 0 aliphatic rings. The van der Waals surface area contributed by atoms with Gasteiger partial charge in [-0.05, 0) is 37.9 Å². The molecule has 0 aliphatic heterocycles. The lowest BCUT2D eigenvalue weighted by Crippen LogP contribution is -2.28. The number of amides is 1. The van der Waals surface area contributed by atoms with Gasteiger partial charge in [-0.25, -0.2) is 0 Å². The monoisotopic (exact) mass is 376 g/mol. The van der Waals surface area contributed by atoms with Crippen LogP contribution in [0.2, 0.25) is 0 Å². The highest BCUT2D eigenvalue weighted by atomic mass is 79.9. The molecule has 4 nitrogen and oxygen atoms in total. The van der Waals surface area contributed by atoms with E-state index in [1.807, 2.05) is 6.07 Å². The first-order valence-corrected chi connectivity index (χ1v) is 6.81. The van der Waals surface area contributed by atoms with Crippen LogP contribution >= 0.6 is 31.9 Å². The predicted octanol–water partition coefficient (Wildman–Crippen LogP) is 2.93. The first-order chi connectivity index (χ1) is 8.58. The number of carbonyl (C=O) groups excluding carboxylic acids is 1. The maximum Gasteiger partial charge on any atom is 0.238 e. The van der Waals surface area contributed by atoms with Crippen LogP contribution in [0.5, 0.6) is 5.75 Å². The van der Waals surface area contributed by atoms with E-state index >= 15 is 0 Å². The summed E-state index contributed by atoms with van der Waals surface area (Å²) in [7, 11) is 1.57. The van der Waals surface area contributed by atoms with Crippen LogP contribution in [0.1, 0.15) is 0 Å². The van der Waals surface area contributed by atoms with Gasteiger partial charge in [-0.2, -0.15) is 0 Å². The van der Waals surface area contributed by atoms with Crippen molar-refractivity contribution in [3.05, 3.63) is 33.7 Å². The minimum absolute atomic E-state index is 0.123. The summed E-state index contributed by atoms with van der Waals surface area (Å²) in [5.41, 5.74) is 0.667. The van der Waals surface area contributed by atoms with Gasteiger partial charge in [0.05, 0.1) is 23.8 Å². The molecule has 0 radical (unpaired) electrons. The van der Waals surface area contributed by atoms with Gasteiger partial charge in [0.25, 0.3) is 0 Å². The average molecular weight is 378 g/mol. The summed E-state index contributed by atoms with van der Waals surface area (Å²) in [5, 5.41) is 5.72. The zero-order valence-electron chi connectivity index (χ0n) is 9.93. The van der Waals surface area contributed by atoms with Crippen molar-refractivity contribution in [2.45, 2.75) is 0 Å². The van der Waals surface area contributed by atoms with Gasteiger partial charge in [0, 0.05) is 17.1 Å². The molecule has 2 N–H and O–H groups in total. The van der Waals surface area contributed by atoms with E-state index in [0.717, 1.165) is 8.95 Å². The number of ether oxygens (including phenoxy) is 1. The van der Waals surface area contributed by atoms with Crippen molar-refractivity contribution in [1.82, 2.24) is 5.32 Å². The van der Waals surface area contributed by atoms with Crippen molar-refractivity contribution < 1.29 is 9.53 Å². The molecule has 0 saturated heterocycles. The summed E-state index contributed by atoms with van der Waals surface area (Å²) in [5.74, 6) is 0.537. The molecule has 1 aromatic carbocycles. The Morgan fingerprint density at radius 3 is 2.78 bits per heavy atom. The molecule has 0 saturated carbocycles. The lowest BCUT2D eigenvalue weighted by atomic mass is 10.3. The molecule has 0 aliphatic carbocycles. The Morgan fingerprint density at radius 2 is 2.17 bits per heavy atom. The van der Waals surface area contributed by atoms with Gasteiger partial charge in [0.15, 0.2) is 0 Å². The molecule has 18 heavy (non-hydrogen) atoms. The molecule has 1 aromatic rings. The first kappa shape index (κ1) is 15.2. The lowest BCUT2D eigenvalue weighted by molar-refractivity contribution is -0.115. The number of rotatable bonds is 6. The van der Waals surface area contributed by atoms with Crippen LogP contribution in [0.3, 0.4) is 0 Å². The largest absolute Gasteiger partial charge is 0.495 e. The van der Waals surface area contributed by atoms with E-state index in [2.05, 4.69) is 49.1 Å². The van der Waals surface area contributed by atoms with Crippen LogP contribution in [-0.2, 0) is 4.79 Å². The van der Waals surface area contributed by atoms with Gasteiger partial charge in [-0.1, -0.05) is 6.08 Å². The van der Waals surface area contributed by atoms with E-state index in [4.69, 9.17) is 4.74 Å². The molecule has 0 spiro atoms. The van der Waals surface area contributed by atoms with E-state index in [-0.39, 0.29) is 12.5 Å². The Balaban J connectivity index is 2.71. The quantitative estimate of drug-likeness (QED) is 0.592. The van der Waals surface area contributed by atoms with E-state index in [1.165, 1.54) is 0 Å². The van der Waals surface area contributed by atoms with Crippen molar-refractivity contribution in [3.63, 3.8) is 0 Å².